The summed E-state index contributed by atoms with van der Waals surface area (Å²) in [7, 11) is 5.48. The number of aliphatic hydroxyl groups excluding tert-OH is 1. The number of quaternary nitrogens is 1. The van der Waals surface area contributed by atoms with Crippen LogP contribution in [0, 0.1) is 6.92 Å². The minimum absolute atomic E-state index is 0.0488. The van der Waals surface area contributed by atoms with Gasteiger partial charge in [-0.25, -0.2) is 0 Å². The number of hydrogen-bond donors (Lipinski definition) is 3. The number of carbonyl (C=O) groups excluding carboxylic acids is 2. The van der Waals surface area contributed by atoms with Crippen LogP contribution >= 0.6 is 0 Å². The Morgan fingerprint density at radius 2 is 1.80 bits per heavy atom. The maximum absolute atomic E-state index is 13.0. The zero-order valence-electron chi connectivity index (χ0n) is 17.6. The van der Waals surface area contributed by atoms with Crippen LogP contribution in [0.4, 0.5) is 0 Å². The summed E-state index contributed by atoms with van der Waals surface area (Å²) in [6.07, 6.45) is 0. The van der Waals surface area contributed by atoms with Crippen LogP contribution in [-0.4, -0.2) is 61.1 Å². The van der Waals surface area contributed by atoms with Gasteiger partial charge in [0.15, 0.2) is 0 Å². The van der Waals surface area contributed by atoms with Crippen molar-refractivity contribution in [2.75, 3.05) is 34.3 Å². The fraction of sp³-hybridized carbons (Fsp3) is 0.304. The lowest BCUT2D eigenvalue weighted by Gasteiger charge is -2.25. The lowest BCUT2D eigenvalue weighted by Crippen LogP contribution is -3.06. The zero-order valence-corrected chi connectivity index (χ0v) is 17.6. The van der Waals surface area contributed by atoms with Gasteiger partial charge in [0, 0.05) is 5.56 Å². The molecule has 1 atom stereocenters. The summed E-state index contributed by atoms with van der Waals surface area (Å²) in [6, 6.07) is 10.7. The molecule has 1 fully saturated rings. The molecule has 1 saturated heterocycles. The number of carbonyl (C=O) groups is 2. The van der Waals surface area contributed by atoms with E-state index in [4.69, 9.17) is 4.74 Å². The number of nitrogens with zero attached hydrogens (tertiary/aromatic N) is 1. The van der Waals surface area contributed by atoms with E-state index in [0.717, 1.165) is 10.5 Å². The van der Waals surface area contributed by atoms with E-state index in [-0.39, 0.29) is 17.1 Å². The Bertz CT molecular complexity index is 995. The molecule has 0 aromatic heterocycles. The highest BCUT2D eigenvalue weighted by Gasteiger charge is 2.46. The molecule has 3 rings (SSSR count). The van der Waals surface area contributed by atoms with Crippen LogP contribution in [0.15, 0.2) is 48.0 Å². The molecular weight excluding hydrogens is 384 g/mol. The van der Waals surface area contributed by atoms with E-state index in [1.54, 1.807) is 44.4 Å². The molecule has 1 amide bonds. The third kappa shape index (κ3) is 4.02. The van der Waals surface area contributed by atoms with Gasteiger partial charge >= 0.3 is 0 Å². The predicted molar refractivity (Wildman–Crippen MR) is 113 cm³/mol. The van der Waals surface area contributed by atoms with Crippen molar-refractivity contribution in [2.24, 2.45) is 0 Å². The molecule has 0 saturated carbocycles. The summed E-state index contributed by atoms with van der Waals surface area (Å²) in [4.78, 5) is 28.4. The summed E-state index contributed by atoms with van der Waals surface area (Å²) < 4.78 is 5.21. The first kappa shape index (κ1) is 21.4. The number of ketones is 1. The van der Waals surface area contributed by atoms with E-state index >= 15 is 0 Å². The van der Waals surface area contributed by atoms with Gasteiger partial charge in [-0.15, -0.1) is 0 Å². The second-order valence-electron chi connectivity index (χ2n) is 7.72. The normalized spacial score (nSPS) is 18.3. The van der Waals surface area contributed by atoms with E-state index in [2.05, 4.69) is 0 Å². The minimum atomic E-state index is -0.730. The predicted octanol–water partition coefficient (Wildman–Crippen LogP) is 1.28. The molecule has 1 aliphatic rings. The number of likely N-dealkylation sites (N-methyl/N-ethyl adjacent to an activating group) is 1. The number of ether oxygens (including phenoxy) is 1. The van der Waals surface area contributed by atoms with Crippen molar-refractivity contribution in [3.8, 4) is 11.5 Å². The van der Waals surface area contributed by atoms with Gasteiger partial charge in [-0.1, -0.05) is 12.1 Å². The second-order valence-corrected chi connectivity index (χ2v) is 7.72. The average molecular weight is 411 g/mol. The van der Waals surface area contributed by atoms with Crippen molar-refractivity contribution in [3.63, 3.8) is 0 Å². The standard InChI is InChI=1S/C23H26N2O5/c1-14-13-17(30-4)9-10-18(14)21(27)19-20(15-5-7-16(26)8-6-15)25(12-11-24(2)3)23(29)22(19)28/h5-10,13,20,26-27H,11-12H2,1-4H3/p+1/t20-/m1/s1. The molecule has 0 spiro atoms. The second kappa shape index (κ2) is 8.59. The monoisotopic (exact) mass is 411 g/mol. The first-order valence-electron chi connectivity index (χ1n) is 9.76. The van der Waals surface area contributed by atoms with Gasteiger partial charge in [0.25, 0.3) is 11.7 Å². The van der Waals surface area contributed by atoms with E-state index < -0.39 is 17.7 Å². The fourth-order valence-corrected chi connectivity index (χ4v) is 3.63. The minimum Gasteiger partial charge on any atom is -0.508 e. The van der Waals surface area contributed by atoms with Gasteiger partial charge in [0.05, 0.1) is 45.9 Å². The van der Waals surface area contributed by atoms with Gasteiger partial charge in [-0.05, 0) is 48.4 Å². The molecule has 1 heterocycles. The molecule has 0 bridgehead atoms. The number of likely N-dealkylation sites (tertiary alicyclic amines) is 1. The highest BCUT2D eigenvalue weighted by molar-refractivity contribution is 6.46. The lowest BCUT2D eigenvalue weighted by molar-refractivity contribution is -0.857. The number of phenols is 1. The van der Waals surface area contributed by atoms with Crippen molar-refractivity contribution in [1.82, 2.24) is 4.90 Å². The molecule has 1 aliphatic heterocycles. The highest BCUT2D eigenvalue weighted by atomic mass is 16.5. The maximum atomic E-state index is 13.0. The fourth-order valence-electron chi connectivity index (χ4n) is 3.63. The molecule has 0 aliphatic carbocycles. The molecule has 3 N–H and O–H groups in total. The zero-order chi connectivity index (χ0) is 22.0. The summed E-state index contributed by atoms with van der Waals surface area (Å²) in [5.74, 6) is -0.851. The summed E-state index contributed by atoms with van der Waals surface area (Å²) >= 11 is 0. The topological polar surface area (TPSA) is 91.5 Å². The number of aromatic hydroxyl groups is 1. The number of rotatable bonds is 6. The number of nitrogens with one attached hydrogen (secondary N) is 1. The number of benzene rings is 2. The number of aryl methyl sites for hydroxylation is 1. The number of hydrogen-bond acceptors (Lipinski definition) is 5. The quantitative estimate of drug-likeness (QED) is 0.378. The molecular formula is C23H27N2O5+. The smallest absolute Gasteiger partial charge is 0.295 e. The first-order valence-corrected chi connectivity index (χ1v) is 9.76. The molecule has 158 valence electrons. The number of aliphatic hydroxyl groups is 1. The Hall–Kier alpha value is -3.32. The van der Waals surface area contributed by atoms with Crippen molar-refractivity contribution in [3.05, 3.63) is 64.7 Å². The van der Waals surface area contributed by atoms with Gasteiger partial charge in [0.2, 0.25) is 0 Å². The SMILES string of the molecule is COc1ccc(C(O)=C2C(=O)C(=O)N(CC[NH+](C)C)[C@@H]2c2ccc(O)cc2)c(C)c1. The van der Waals surface area contributed by atoms with E-state index in [9.17, 15) is 19.8 Å². The Morgan fingerprint density at radius 3 is 2.37 bits per heavy atom. The molecule has 7 heteroatoms. The molecule has 2 aromatic rings. The maximum Gasteiger partial charge on any atom is 0.295 e. The third-order valence-electron chi connectivity index (χ3n) is 5.29. The summed E-state index contributed by atoms with van der Waals surface area (Å²) in [5.41, 5.74) is 1.89. The van der Waals surface area contributed by atoms with Crippen LogP contribution in [0.1, 0.15) is 22.7 Å². The summed E-state index contributed by atoms with van der Waals surface area (Å²) in [5, 5.41) is 20.8. The van der Waals surface area contributed by atoms with E-state index in [0.29, 0.717) is 30.0 Å². The first-order chi connectivity index (χ1) is 14.2. The molecule has 0 unspecified atom stereocenters. The Balaban J connectivity index is 2.16. The van der Waals surface area contributed by atoms with E-state index in [1.807, 2.05) is 14.1 Å². The van der Waals surface area contributed by atoms with Crippen molar-refractivity contribution >= 4 is 17.4 Å². The number of phenolic OH excluding ortho intramolecular Hbond substituents is 1. The van der Waals surface area contributed by atoms with Crippen LogP contribution in [0.5, 0.6) is 11.5 Å². The lowest BCUT2D eigenvalue weighted by atomic mass is 9.94. The van der Waals surface area contributed by atoms with Gasteiger partial charge in [-0.2, -0.15) is 0 Å². The Labute approximate surface area is 175 Å². The van der Waals surface area contributed by atoms with Crippen LogP contribution < -0.4 is 9.64 Å². The van der Waals surface area contributed by atoms with Crippen molar-refractivity contribution < 1.29 is 29.4 Å². The molecule has 30 heavy (non-hydrogen) atoms. The van der Waals surface area contributed by atoms with Gasteiger partial charge in [-0.3, -0.25) is 9.59 Å². The number of methoxy groups -OCH3 is 1. The molecule has 0 radical (unpaired) electrons. The van der Waals surface area contributed by atoms with Crippen LogP contribution in [0.25, 0.3) is 5.76 Å². The Morgan fingerprint density at radius 1 is 1.13 bits per heavy atom. The van der Waals surface area contributed by atoms with E-state index in [1.165, 1.54) is 17.0 Å². The summed E-state index contributed by atoms with van der Waals surface area (Å²) in [6.45, 7) is 2.80. The Kier molecular flexibility index (Phi) is 6.12. The number of amides is 1. The number of Topliss-reactive ketones (excluding diaryl/α,β-unsaturated/α-hetero) is 1. The average Bonchev–Trinajstić information content (AvgIpc) is 2.96. The largest absolute Gasteiger partial charge is 0.508 e. The third-order valence-corrected chi connectivity index (χ3v) is 5.29. The molecule has 2 aromatic carbocycles. The van der Waals surface area contributed by atoms with Crippen molar-refractivity contribution in [2.45, 2.75) is 13.0 Å². The van der Waals surface area contributed by atoms with Crippen LogP contribution in [0.2, 0.25) is 0 Å². The van der Waals surface area contributed by atoms with Crippen LogP contribution in [-0.2, 0) is 9.59 Å². The van der Waals surface area contributed by atoms with Gasteiger partial charge < -0.3 is 24.7 Å². The van der Waals surface area contributed by atoms with Crippen molar-refractivity contribution in [1.29, 1.82) is 0 Å². The molecule has 7 nitrogen and oxygen atoms in total. The highest BCUT2D eigenvalue weighted by Crippen LogP contribution is 2.40. The van der Waals surface area contributed by atoms with Gasteiger partial charge in [0.1, 0.15) is 17.3 Å². The van der Waals surface area contributed by atoms with Crippen LogP contribution in [0.3, 0.4) is 0 Å².